The molecule has 7 heterocycles. The van der Waals surface area contributed by atoms with Gasteiger partial charge in [-0.05, 0) is 81.3 Å². The van der Waals surface area contributed by atoms with Crippen LogP contribution in [0.15, 0.2) is 36.4 Å². The van der Waals surface area contributed by atoms with Crippen LogP contribution in [0.4, 0.5) is 11.8 Å². The number of hydrogen-bond donors (Lipinski definition) is 9. The predicted octanol–water partition coefficient (Wildman–Crippen LogP) is -0.830. The van der Waals surface area contributed by atoms with Gasteiger partial charge in [-0.15, -0.1) is 0 Å². The molecule has 77 heavy (non-hydrogen) atoms. The van der Waals surface area contributed by atoms with Crippen molar-refractivity contribution in [3.63, 3.8) is 0 Å². The number of aryl methyl sites for hydroxylation is 2. The van der Waals surface area contributed by atoms with Crippen LogP contribution in [0.5, 0.6) is 0 Å². The fourth-order valence-electron chi connectivity index (χ4n) is 8.42. The summed E-state index contributed by atoms with van der Waals surface area (Å²) in [6, 6.07) is 0. The summed E-state index contributed by atoms with van der Waals surface area (Å²) in [5.74, 6) is -0.968. The lowest BCUT2D eigenvalue weighted by Crippen LogP contribution is -2.40. The Hall–Kier alpha value is -2.57. The summed E-state index contributed by atoms with van der Waals surface area (Å²) in [5, 5.41) is 9.25. The van der Waals surface area contributed by atoms with Gasteiger partial charge in [-0.2, -0.15) is 4.98 Å². The molecule has 39 heteroatoms. The minimum Gasteiger partial charge on any atom is -0.396 e. The standard InChI is InChI=1S/C38H56N8O23P4S4/c1-17(2)66-71(55,75)60-15-24-22(11-28(64-24)46-26(48)9-20-31(46)40-36(39)41-34(20)51)68-72(56,76)61-14-23-21(10-27(63-23)44-12-18(3)32(49)42-37(44)52)67-73(57,77)62-16-25-29(69-70(54,74)59-8-6-7-47)30(58-5)35(65-25)45-13-19(4)33(50)43-38(45)53/h12-13,17,21-25,27-30,35,47H,6-11,14-16H2,1-5H3,(H,54,74)(H,55,75)(H,56,76)(H,57,77)(H,42,49,52)(H,43,50,53)(H3,39,40,41,51)/t21-,22-,23-,24-,25-,27-,28-,29+,30?,35-,70?,71?,72?,73?/m1/s1. The van der Waals surface area contributed by atoms with Crippen LogP contribution in [0.3, 0.4) is 0 Å². The molecule has 14 atom stereocenters. The Morgan fingerprint density at radius 1 is 0.714 bits per heavy atom. The average Bonchev–Trinajstić information content (AvgIpc) is 4.12. The number of hydrogen-bond acceptors (Lipinski definition) is 25. The van der Waals surface area contributed by atoms with E-state index in [9.17, 15) is 53.4 Å². The Kier molecular flexibility index (Phi) is 20.4. The molecule has 10 N–H and O–H groups in total. The maximum atomic E-state index is 13.3. The summed E-state index contributed by atoms with van der Waals surface area (Å²) in [5.41, 5.74) is 2.21. The first-order valence-corrected chi connectivity index (χ1v) is 33.4. The zero-order chi connectivity index (χ0) is 56.5. The van der Waals surface area contributed by atoms with Crippen molar-refractivity contribution in [3.8, 4) is 0 Å². The molecule has 0 radical (unpaired) electrons. The number of methoxy groups -OCH3 is 1. The Labute approximate surface area is 456 Å². The van der Waals surface area contributed by atoms with E-state index in [1.165, 1.54) is 33.4 Å². The second-order valence-electron chi connectivity index (χ2n) is 17.8. The zero-order valence-corrected chi connectivity index (χ0v) is 48.1. The minimum absolute atomic E-state index is 0.0124. The normalized spacial score (nSPS) is 28.6. The van der Waals surface area contributed by atoms with Crippen molar-refractivity contribution in [3.05, 3.63) is 81.1 Å². The third-order valence-electron chi connectivity index (χ3n) is 11.8. The van der Waals surface area contributed by atoms with Gasteiger partial charge in [0.15, 0.2) is 12.0 Å². The van der Waals surface area contributed by atoms with Crippen LogP contribution in [-0.2, 0) is 114 Å². The number of aliphatic hydroxyl groups is 1. The van der Waals surface area contributed by atoms with Crippen LogP contribution >= 0.6 is 26.9 Å². The Morgan fingerprint density at radius 2 is 1.23 bits per heavy atom. The number of H-pyrrole nitrogens is 3. The van der Waals surface area contributed by atoms with Crippen molar-refractivity contribution in [1.82, 2.24) is 29.1 Å². The van der Waals surface area contributed by atoms with Crippen LogP contribution in [0.2, 0.25) is 0 Å². The average molecular weight is 1250 g/mol. The Bertz CT molecular complexity index is 3180. The monoisotopic (exact) mass is 1240 g/mol. The lowest BCUT2D eigenvalue weighted by Gasteiger charge is -2.28. The van der Waals surface area contributed by atoms with Crippen LogP contribution in [0.25, 0.3) is 0 Å². The van der Waals surface area contributed by atoms with E-state index in [2.05, 4.69) is 19.9 Å². The molecule has 3 fully saturated rings. The smallest absolute Gasteiger partial charge is 0.330 e. The number of ether oxygens (including phenoxy) is 4. The minimum atomic E-state index is -4.52. The molecule has 3 aromatic rings. The number of fused-ring (bicyclic) bond motifs is 1. The molecule has 31 nitrogen and oxygen atoms in total. The van der Waals surface area contributed by atoms with Crippen LogP contribution in [0, 0.1) is 13.8 Å². The van der Waals surface area contributed by atoms with E-state index < -0.39 is 148 Å². The van der Waals surface area contributed by atoms with Crippen molar-refractivity contribution in [2.24, 2.45) is 0 Å². The Morgan fingerprint density at radius 3 is 1.81 bits per heavy atom. The zero-order valence-electron chi connectivity index (χ0n) is 41.2. The van der Waals surface area contributed by atoms with Gasteiger partial charge in [0.05, 0.1) is 56.7 Å². The number of aromatic amines is 3. The highest BCUT2D eigenvalue weighted by atomic mass is 32.5. The molecule has 0 aliphatic carbocycles. The van der Waals surface area contributed by atoms with E-state index in [1.54, 1.807) is 13.8 Å². The number of amides is 1. The third-order valence-corrected chi connectivity index (χ3v) is 18.3. The molecule has 3 aromatic heterocycles. The molecule has 3 saturated heterocycles. The molecule has 1 amide bonds. The van der Waals surface area contributed by atoms with Crippen molar-refractivity contribution in [2.75, 3.05) is 50.8 Å². The van der Waals surface area contributed by atoms with Crippen molar-refractivity contribution < 1.29 is 84.6 Å². The van der Waals surface area contributed by atoms with Gasteiger partial charge < -0.3 is 81.0 Å². The first-order chi connectivity index (χ1) is 36.0. The lowest BCUT2D eigenvalue weighted by molar-refractivity contribution is -0.120. The fourth-order valence-corrected chi connectivity index (χ4v) is 14.5. The maximum absolute atomic E-state index is 13.3. The quantitative estimate of drug-likeness (QED) is 0.0369. The number of aromatic nitrogens is 6. The van der Waals surface area contributed by atoms with Crippen molar-refractivity contribution in [2.45, 2.75) is 121 Å². The van der Waals surface area contributed by atoms with Gasteiger partial charge in [0.25, 0.3) is 16.7 Å². The van der Waals surface area contributed by atoms with Crippen LogP contribution < -0.4 is 38.7 Å². The number of aliphatic hydroxyl groups excluding tert-OH is 1. The lowest BCUT2D eigenvalue weighted by atomic mass is 10.1. The van der Waals surface area contributed by atoms with E-state index in [1.807, 2.05) is 0 Å². The van der Waals surface area contributed by atoms with Gasteiger partial charge in [0.2, 0.25) is 11.9 Å². The highest BCUT2D eigenvalue weighted by Gasteiger charge is 2.52. The van der Waals surface area contributed by atoms with Gasteiger partial charge in [0, 0.05) is 50.1 Å². The number of nitrogen functional groups attached to an aromatic ring is 1. The second kappa shape index (κ2) is 25.3. The van der Waals surface area contributed by atoms with E-state index in [0.29, 0.717) is 0 Å². The Balaban J connectivity index is 1.11. The highest BCUT2D eigenvalue weighted by Crippen LogP contribution is 2.54. The van der Waals surface area contributed by atoms with Crippen LogP contribution in [0.1, 0.15) is 62.3 Å². The topological polar surface area (TPSA) is 414 Å². The molecule has 0 aromatic carbocycles. The van der Waals surface area contributed by atoms with Crippen molar-refractivity contribution >= 4 is 91.8 Å². The molecule has 7 rings (SSSR count). The molecule has 4 aliphatic heterocycles. The first-order valence-electron chi connectivity index (χ1n) is 23.1. The number of carbonyl (C=O) groups is 1. The highest BCUT2D eigenvalue weighted by molar-refractivity contribution is 8.08. The van der Waals surface area contributed by atoms with E-state index in [0.717, 1.165) is 14.0 Å². The van der Waals surface area contributed by atoms with Crippen molar-refractivity contribution in [1.29, 1.82) is 0 Å². The molecule has 0 spiro atoms. The summed E-state index contributed by atoms with van der Waals surface area (Å²) in [7, 11) is 1.23. The van der Waals surface area contributed by atoms with Gasteiger partial charge in [-0.1, -0.05) is 0 Å². The molecule has 430 valence electrons. The number of rotatable bonds is 25. The summed E-state index contributed by atoms with van der Waals surface area (Å²) < 4.78 is 71.8. The summed E-state index contributed by atoms with van der Waals surface area (Å²) in [6.07, 6.45) is -12.2. The van der Waals surface area contributed by atoms with E-state index in [4.69, 9.17) is 108 Å². The molecule has 5 unspecified atom stereocenters. The molecule has 0 bridgehead atoms. The van der Waals surface area contributed by atoms with Gasteiger partial charge in [-0.3, -0.25) is 52.7 Å². The van der Waals surface area contributed by atoms with Gasteiger partial charge in [0.1, 0.15) is 43.0 Å². The predicted molar refractivity (Wildman–Crippen MR) is 281 cm³/mol. The van der Waals surface area contributed by atoms with Gasteiger partial charge >= 0.3 is 38.3 Å². The number of nitrogens with zero attached hydrogens (tertiary/aromatic N) is 4. The van der Waals surface area contributed by atoms with Crippen LogP contribution in [-0.4, -0.2) is 155 Å². The number of nitrogens with two attached hydrogens (primary N) is 1. The molecule has 4 aliphatic rings. The van der Waals surface area contributed by atoms with E-state index >= 15 is 0 Å². The largest absolute Gasteiger partial charge is 0.396 e. The molecular weight excluding hydrogens is 1190 g/mol. The van der Waals surface area contributed by atoms with E-state index in [-0.39, 0.29) is 67.4 Å². The SMILES string of the molecule is COC1[C@@H](OP(O)(=S)OCCCO)[C@@H](COP(O)(=S)O[C@@H]2C[C@H](n3cc(C)c(=O)[nH]c3=O)O[C@@H]2COP(O)(=S)O[C@@H]2C[C@H](N3C(=O)Cc4c3nc(N)[nH]c4=O)O[C@@H]2COP(O)(=S)OC(C)C)O[C@H]1n1cc(C)c(=O)[nH]c1=O. The summed E-state index contributed by atoms with van der Waals surface area (Å²) >= 11 is 21.3. The number of anilines is 2. The third kappa shape index (κ3) is 15.5. The molecular formula is C38H56N8O23P4S4. The number of carbonyl (C=O) groups excluding carboxylic acids is 1. The maximum Gasteiger partial charge on any atom is 0.330 e. The second-order valence-corrected chi connectivity index (χ2v) is 29.0. The fraction of sp³-hybridized carbons (Fsp3) is 0.658. The molecule has 0 saturated carbocycles. The number of nitrogens with one attached hydrogen (secondary N) is 3. The summed E-state index contributed by atoms with van der Waals surface area (Å²) in [4.78, 5) is 134. The summed E-state index contributed by atoms with van der Waals surface area (Å²) in [6.45, 7) is -13.4. The first kappa shape index (κ1) is 62.0. The van der Waals surface area contributed by atoms with Gasteiger partial charge in [-0.25, -0.2) is 9.59 Å².